The van der Waals surface area contributed by atoms with Crippen LogP contribution in [-0.2, 0) is 0 Å². The average Bonchev–Trinajstić information content (AvgIpc) is 2.25. The Morgan fingerprint density at radius 3 is 2.20 bits per heavy atom. The van der Waals surface area contributed by atoms with Crippen LogP contribution in [0.3, 0.4) is 0 Å². The van der Waals surface area contributed by atoms with Crippen molar-refractivity contribution in [1.29, 1.82) is 0 Å². The van der Waals surface area contributed by atoms with Crippen molar-refractivity contribution in [2.24, 2.45) is 17.8 Å². The molecule has 2 aliphatic heterocycles. The van der Waals surface area contributed by atoms with Gasteiger partial charge in [-0.25, -0.2) is 0 Å². The van der Waals surface area contributed by atoms with Crippen molar-refractivity contribution in [3.05, 3.63) is 0 Å². The Hall–Kier alpha value is -0.120. The lowest BCUT2D eigenvalue weighted by atomic mass is 9.80. The van der Waals surface area contributed by atoms with Gasteiger partial charge in [0.2, 0.25) is 0 Å². The molecule has 0 bridgehead atoms. The van der Waals surface area contributed by atoms with Gasteiger partial charge in [0, 0.05) is 32.7 Å². The monoisotopic (exact) mass is 211 g/mol. The average molecular weight is 211 g/mol. The first-order valence-electron chi connectivity index (χ1n) is 6.41. The highest BCUT2D eigenvalue weighted by atomic mass is 15.2. The van der Waals surface area contributed by atoms with Crippen molar-refractivity contribution < 1.29 is 0 Å². The summed E-state index contributed by atoms with van der Waals surface area (Å²) >= 11 is 0. The third-order valence-electron chi connectivity index (χ3n) is 4.07. The fourth-order valence-electron chi connectivity index (χ4n) is 2.95. The Balaban J connectivity index is 1.84. The van der Waals surface area contributed by atoms with Gasteiger partial charge in [-0.05, 0) is 30.8 Å². The molecule has 15 heavy (non-hydrogen) atoms. The van der Waals surface area contributed by atoms with Crippen molar-refractivity contribution in [3.8, 4) is 0 Å². The van der Waals surface area contributed by atoms with Crippen LogP contribution in [0.1, 0.15) is 13.8 Å². The van der Waals surface area contributed by atoms with Crippen LogP contribution in [0.25, 0.3) is 0 Å². The topological polar surface area (TPSA) is 27.3 Å². The van der Waals surface area contributed by atoms with Crippen LogP contribution >= 0.6 is 0 Å². The molecule has 2 N–H and O–H groups in total. The van der Waals surface area contributed by atoms with Crippen molar-refractivity contribution in [2.75, 3.05) is 45.8 Å². The van der Waals surface area contributed by atoms with E-state index in [1.54, 1.807) is 0 Å². The van der Waals surface area contributed by atoms with Gasteiger partial charge in [-0.3, -0.25) is 0 Å². The SMILES string of the molecule is CC1CNCC(C)C1CN1CCNCC1. The fourth-order valence-corrected chi connectivity index (χ4v) is 2.95. The predicted octanol–water partition coefficient (Wildman–Crippen LogP) is 0.383. The van der Waals surface area contributed by atoms with Gasteiger partial charge in [0.15, 0.2) is 0 Å². The van der Waals surface area contributed by atoms with E-state index in [4.69, 9.17) is 0 Å². The minimum atomic E-state index is 0.837. The smallest absolute Gasteiger partial charge is 0.0107 e. The van der Waals surface area contributed by atoms with E-state index in [1.165, 1.54) is 45.8 Å². The summed E-state index contributed by atoms with van der Waals surface area (Å²) in [6.07, 6.45) is 0. The van der Waals surface area contributed by atoms with Gasteiger partial charge in [0.05, 0.1) is 0 Å². The number of piperazine rings is 1. The van der Waals surface area contributed by atoms with Gasteiger partial charge in [-0.2, -0.15) is 0 Å². The molecular formula is C12H25N3. The highest BCUT2D eigenvalue weighted by Crippen LogP contribution is 2.25. The summed E-state index contributed by atoms with van der Waals surface area (Å²) in [7, 11) is 0. The molecule has 88 valence electrons. The summed E-state index contributed by atoms with van der Waals surface area (Å²) in [5.74, 6) is 2.57. The molecule has 0 aromatic rings. The first kappa shape index (κ1) is 11.4. The van der Waals surface area contributed by atoms with Crippen molar-refractivity contribution in [3.63, 3.8) is 0 Å². The predicted molar refractivity (Wildman–Crippen MR) is 64.0 cm³/mol. The highest BCUT2D eigenvalue weighted by Gasteiger charge is 2.29. The summed E-state index contributed by atoms with van der Waals surface area (Å²) in [6.45, 7) is 13.4. The van der Waals surface area contributed by atoms with Gasteiger partial charge >= 0.3 is 0 Å². The second kappa shape index (κ2) is 5.28. The Morgan fingerprint density at radius 2 is 1.60 bits per heavy atom. The molecule has 3 heteroatoms. The van der Waals surface area contributed by atoms with E-state index in [0.29, 0.717) is 0 Å². The van der Waals surface area contributed by atoms with Gasteiger partial charge in [0.1, 0.15) is 0 Å². The van der Waals surface area contributed by atoms with Crippen LogP contribution in [0, 0.1) is 17.8 Å². The second-order valence-corrected chi connectivity index (χ2v) is 5.33. The van der Waals surface area contributed by atoms with Crippen LogP contribution in [0.5, 0.6) is 0 Å². The fraction of sp³-hybridized carbons (Fsp3) is 1.00. The van der Waals surface area contributed by atoms with Gasteiger partial charge in [-0.1, -0.05) is 13.8 Å². The third-order valence-corrected chi connectivity index (χ3v) is 4.07. The molecule has 0 amide bonds. The largest absolute Gasteiger partial charge is 0.316 e. The zero-order chi connectivity index (χ0) is 10.7. The number of nitrogens with one attached hydrogen (secondary N) is 2. The molecule has 0 radical (unpaired) electrons. The molecule has 2 heterocycles. The minimum absolute atomic E-state index is 0.837. The summed E-state index contributed by atoms with van der Waals surface area (Å²) in [4.78, 5) is 2.64. The number of hydrogen-bond acceptors (Lipinski definition) is 3. The maximum atomic E-state index is 3.52. The van der Waals surface area contributed by atoms with Crippen molar-refractivity contribution >= 4 is 0 Å². The molecule has 0 aliphatic carbocycles. The Bertz CT molecular complexity index is 179. The quantitative estimate of drug-likeness (QED) is 0.692. The van der Waals surface area contributed by atoms with Crippen molar-refractivity contribution in [2.45, 2.75) is 13.8 Å². The first-order chi connectivity index (χ1) is 7.27. The molecule has 2 aliphatic rings. The lowest BCUT2D eigenvalue weighted by molar-refractivity contribution is 0.117. The molecule has 2 rings (SSSR count). The van der Waals surface area contributed by atoms with Crippen LogP contribution in [-0.4, -0.2) is 50.7 Å². The maximum Gasteiger partial charge on any atom is 0.0107 e. The molecule has 0 saturated carbocycles. The summed E-state index contributed by atoms with van der Waals surface area (Å²) in [5, 5.41) is 6.94. The standard InChI is InChI=1S/C12H25N3/c1-10-7-14-8-11(2)12(10)9-15-5-3-13-4-6-15/h10-14H,3-9H2,1-2H3. The van der Waals surface area contributed by atoms with Crippen molar-refractivity contribution in [1.82, 2.24) is 15.5 Å². The number of rotatable bonds is 2. The Kier molecular flexibility index (Phi) is 4.00. The molecule has 2 saturated heterocycles. The molecule has 0 aromatic carbocycles. The normalized spacial score (nSPS) is 39.2. The summed E-state index contributed by atoms with van der Waals surface area (Å²) in [6, 6.07) is 0. The highest BCUT2D eigenvalue weighted by molar-refractivity contribution is 4.83. The van der Waals surface area contributed by atoms with E-state index >= 15 is 0 Å². The zero-order valence-electron chi connectivity index (χ0n) is 10.1. The molecule has 2 unspecified atom stereocenters. The molecule has 2 fully saturated rings. The number of piperidine rings is 1. The van der Waals surface area contributed by atoms with Gasteiger partial charge in [-0.15, -0.1) is 0 Å². The van der Waals surface area contributed by atoms with E-state index in [-0.39, 0.29) is 0 Å². The van der Waals surface area contributed by atoms with E-state index in [0.717, 1.165) is 17.8 Å². The zero-order valence-corrected chi connectivity index (χ0v) is 10.1. The lowest BCUT2D eigenvalue weighted by Gasteiger charge is -2.39. The van der Waals surface area contributed by atoms with Crippen LogP contribution in [0.2, 0.25) is 0 Å². The summed E-state index contributed by atoms with van der Waals surface area (Å²) in [5.41, 5.74) is 0. The maximum absolute atomic E-state index is 3.52. The molecule has 3 nitrogen and oxygen atoms in total. The molecule has 2 atom stereocenters. The molecular weight excluding hydrogens is 186 g/mol. The number of hydrogen-bond donors (Lipinski definition) is 2. The molecule has 0 spiro atoms. The minimum Gasteiger partial charge on any atom is -0.316 e. The lowest BCUT2D eigenvalue weighted by Crippen LogP contribution is -2.50. The Morgan fingerprint density at radius 1 is 1.00 bits per heavy atom. The first-order valence-corrected chi connectivity index (χ1v) is 6.41. The Labute approximate surface area is 93.6 Å². The van der Waals surface area contributed by atoms with Crippen LogP contribution in [0.4, 0.5) is 0 Å². The van der Waals surface area contributed by atoms with Gasteiger partial charge in [0.25, 0.3) is 0 Å². The number of nitrogens with zero attached hydrogens (tertiary/aromatic N) is 1. The summed E-state index contributed by atoms with van der Waals surface area (Å²) < 4.78 is 0. The van der Waals surface area contributed by atoms with Crippen LogP contribution < -0.4 is 10.6 Å². The van der Waals surface area contributed by atoms with E-state index in [9.17, 15) is 0 Å². The van der Waals surface area contributed by atoms with E-state index < -0.39 is 0 Å². The van der Waals surface area contributed by atoms with E-state index in [1.807, 2.05) is 0 Å². The van der Waals surface area contributed by atoms with Gasteiger partial charge < -0.3 is 15.5 Å². The molecule has 0 aromatic heterocycles. The van der Waals surface area contributed by atoms with Crippen LogP contribution in [0.15, 0.2) is 0 Å². The second-order valence-electron chi connectivity index (χ2n) is 5.33. The third kappa shape index (κ3) is 2.92. The van der Waals surface area contributed by atoms with E-state index in [2.05, 4.69) is 29.4 Å².